The van der Waals surface area contributed by atoms with Crippen molar-refractivity contribution in [3.05, 3.63) is 34.3 Å². The summed E-state index contributed by atoms with van der Waals surface area (Å²) in [5.74, 6) is 0.715. The van der Waals surface area contributed by atoms with Gasteiger partial charge in [0.2, 0.25) is 0 Å². The summed E-state index contributed by atoms with van der Waals surface area (Å²) in [6, 6.07) is 5.44. The highest BCUT2D eigenvalue weighted by atomic mass is 35.5. The number of halogens is 1. The zero-order valence-electron chi connectivity index (χ0n) is 8.61. The second-order valence-electron chi connectivity index (χ2n) is 3.15. The molecule has 5 heteroatoms. The second-order valence-corrected chi connectivity index (χ2v) is 4.41. The summed E-state index contributed by atoms with van der Waals surface area (Å²) < 4.78 is 5.07. The van der Waals surface area contributed by atoms with E-state index in [1.165, 1.54) is 11.3 Å². The van der Waals surface area contributed by atoms with Gasteiger partial charge in [0, 0.05) is 10.9 Å². The number of aromatic nitrogens is 1. The van der Waals surface area contributed by atoms with Crippen molar-refractivity contribution >= 4 is 22.9 Å². The maximum atomic E-state index is 8.94. The Morgan fingerprint density at radius 3 is 2.88 bits per heavy atom. The Balaban J connectivity index is 2.40. The molecular weight excluding hydrogens is 246 g/mol. The fourth-order valence-corrected chi connectivity index (χ4v) is 2.47. The number of benzene rings is 1. The summed E-state index contributed by atoms with van der Waals surface area (Å²) in [7, 11) is 1.60. The average molecular weight is 256 g/mol. The quantitative estimate of drug-likeness (QED) is 0.917. The number of thiazole rings is 1. The first-order valence-electron chi connectivity index (χ1n) is 4.63. The van der Waals surface area contributed by atoms with Crippen LogP contribution in [-0.4, -0.2) is 17.2 Å². The van der Waals surface area contributed by atoms with E-state index in [1.54, 1.807) is 13.2 Å². The molecule has 0 fully saturated rings. The van der Waals surface area contributed by atoms with Gasteiger partial charge in [0.25, 0.3) is 0 Å². The van der Waals surface area contributed by atoms with Crippen molar-refractivity contribution in [2.45, 2.75) is 6.61 Å². The van der Waals surface area contributed by atoms with Gasteiger partial charge >= 0.3 is 0 Å². The topological polar surface area (TPSA) is 42.4 Å². The van der Waals surface area contributed by atoms with Gasteiger partial charge in [0.05, 0.1) is 24.4 Å². The molecule has 0 aliphatic carbocycles. The number of methoxy groups -OCH3 is 1. The number of rotatable bonds is 3. The molecule has 2 aromatic rings. The van der Waals surface area contributed by atoms with Crippen LogP contribution in [0.15, 0.2) is 23.6 Å². The zero-order chi connectivity index (χ0) is 11.5. The summed E-state index contributed by atoms with van der Waals surface area (Å²) in [6.07, 6.45) is 0. The van der Waals surface area contributed by atoms with E-state index in [1.807, 2.05) is 17.5 Å². The molecule has 0 spiro atoms. The average Bonchev–Trinajstić information content (AvgIpc) is 2.77. The van der Waals surface area contributed by atoms with Crippen LogP contribution < -0.4 is 4.74 Å². The van der Waals surface area contributed by atoms with Crippen LogP contribution in [0.4, 0.5) is 0 Å². The highest BCUT2D eigenvalue weighted by molar-refractivity contribution is 7.13. The predicted octanol–water partition coefficient (Wildman–Crippen LogP) is 2.96. The van der Waals surface area contributed by atoms with Crippen LogP contribution in [0.5, 0.6) is 5.75 Å². The van der Waals surface area contributed by atoms with E-state index in [0.29, 0.717) is 16.5 Å². The van der Waals surface area contributed by atoms with Gasteiger partial charge in [-0.1, -0.05) is 11.6 Å². The Kier molecular flexibility index (Phi) is 3.43. The van der Waals surface area contributed by atoms with Gasteiger partial charge in [-0.3, -0.25) is 0 Å². The number of hydrogen-bond donors (Lipinski definition) is 1. The molecule has 84 valence electrons. The molecule has 3 nitrogen and oxygen atoms in total. The number of nitrogens with zero attached hydrogens (tertiary/aromatic N) is 1. The number of ether oxygens (including phenoxy) is 1. The third-order valence-corrected chi connectivity index (χ3v) is 3.36. The SMILES string of the molecule is COc1ccc(-c2nc(CO)cs2)c(Cl)c1. The summed E-state index contributed by atoms with van der Waals surface area (Å²) in [5.41, 5.74) is 1.51. The summed E-state index contributed by atoms with van der Waals surface area (Å²) in [6.45, 7) is -0.0513. The number of aliphatic hydroxyl groups excluding tert-OH is 1. The van der Waals surface area contributed by atoms with Gasteiger partial charge in [-0.2, -0.15) is 0 Å². The summed E-state index contributed by atoms with van der Waals surface area (Å²) >= 11 is 7.58. The van der Waals surface area contributed by atoms with Crippen molar-refractivity contribution in [2.24, 2.45) is 0 Å². The first kappa shape index (κ1) is 11.4. The Bertz CT molecular complexity index is 498. The Hall–Kier alpha value is -1.10. The highest BCUT2D eigenvalue weighted by Crippen LogP contribution is 2.32. The highest BCUT2D eigenvalue weighted by Gasteiger charge is 2.09. The number of hydrogen-bond acceptors (Lipinski definition) is 4. The maximum absolute atomic E-state index is 8.94. The normalized spacial score (nSPS) is 10.4. The van der Waals surface area contributed by atoms with Gasteiger partial charge in [0.15, 0.2) is 0 Å². The monoisotopic (exact) mass is 255 g/mol. The van der Waals surface area contributed by atoms with Crippen LogP contribution in [0, 0.1) is 0 Å². The van der Waals surface area contributed by atoms with Crippen LogP contribution in [0.3, 0.4) is 0 Å². The van der Waals surface area contributed by atoms with Crippen molar-refractivity contribution in [3.63, 3.8) is 0 Å². The lowest BCUT2D eigenvalue weighted by atomic mass is 10.2. The van der Waals surface area contributed by atoms with Gasteiger partial charge in [0.1, 0.15) is 10.8 Å². The molecule has 0 aliphatic heterocycles. The van der Waals surface area contributed by atoms with E-state index in [2.05, 4.69) is 4.98 Å². The van der Waals surface area contributed by atoms with E-state index in [9.17, 15) is 0 Å². The molecule has 16 heavy (non-hydrogen) atoms. The van der Waals surface area contributed by atoms with Crippen LogP contribution in [-0.2, 0) is 6.61 Å². The lowest BCUT2D eigenvalue weighted by Crippen LogP contribution is -1.86. The third kappa shape index (κ3) is 2.19. The van der Waals surface area contributed by atoms with Crippen LogP contribution in [0.25, 0.3) is 10.6 Å². The van der Waals surface area contributed by atoms with Crippen molar-refractivity contribution in [1.82, 2.24) is 4.98 Å². The van der Waals surface area contributed by atoms with E-state index in [0.717, 1.165) is 10.6 Å². The molecule has 0 saturated carbocycles. The molecule has 0 saturated heterocycles. The maximum Gasteiger partial charge on any atom is 0.125 e. The minimum atomic E-state index is -0.0513. The van der Waals surface area contributed by atoms with E-state index in [4.69, 9.17) is 21.4 Å². The molecule has 0 unspecified atom stereocenters. The van der Waals surface area contributed by atoms with Crippen molar-refractivity contribution in [3.8, 4) is 16.3 Å². The van der Waals surface area contributed by atoms with Gasteiger partial charge in [-0.05, 0) is 18.2 Å². The molecular formula is C11H10ClNO2S. The Morgan fingerprint density at radius 2 is 2.31 bits per heavy atom. The van der Waals surface area contributed by atoms with Crippen molar-refractivity contribution in [1.29, 1.82) is 0 Å². The third-order valence-electron chi connectivity index (χ3n) is 2.12. The Labute approximate surface area is 102 Å². The van der Waals surface area contributed by atoms with E-state index in [-0.39, 0.29) is 6.61 Å². The number of aliphatic hydroxyl groups is 1. The predicted molar refractivity (Wildman–Crippen MR) is 65.0 cm³/mol. The molecule has 1 aromatic heterocycles. The molecule has 0 atom stereocenters. The second kappa shape index (κ2) is 4.82. The van der Waals surface area contributed by atoms with Crippen molar-refractivity contribution in [2.75, 3.05) is 7.11 Å². The van der Waals surface area contributed by atoms with Crippen LogP contribution in [0.1, 0.15) is 5.69 Å². The van der Waals surface area contributed by atoms with Gasteiger partial charge in [-0.25, -0.2) is 4.98 Å². The molecule has 1 heterocycles. The van der Waals surface area contributed by atoms with Crippen LogP contribution >= 0.6 is 22.9 Å². The molecule has 0 bridgehead atoms. The summed E-state index contributed by atoms with van der Waals surface area (Å²) in [4.78, 5) is 4.26. The minimum absolute atomic E-state index is 0.0513. The molecule has 1 N–H and O–H groups in total. The smallest absolute Gasteiger partial charge is 0.125 e. The lowest BCUT2D eigenvalue weighted by Gasteiger charge is -2.03. The van der Waals surface area contributed by atoms with Crippen molar-refractivity contribution < 1.29 is 9.84 Å². The molecule has 0 amide bonds. The fourth-order valence-electron chi connectivity index (χ4n) is 1.30. The lowest BCUT2D eigenvalue weighted by molar-refractivity contribution is 0.278. The fraction of sp³-hybridized carbons (Fsp3) is 0.182. The molecule has 0 aliphatic rings. The van der Waals surface area contributed by atoms with E-state index >= 15 is 0 Å². The minimum Gasteiger partial charge on any atom is -0.497 e. The largest absolute Gasteiger partial charge is 0.497 e. The van der Waals surface area contributed by atoms with E-state index < -0.39 is 0 Å². The molecule has 1 aromatic carbocycles. The standard InChI is InChI=1S/C11H10ClNO2S/c1-15-8-2-3-9(10(12)4-8)11-13-7(5-14)6-16-11/h2-4,6,14H,5H2,1H3. The first-order valence-corrected chi connectivity index (χ1v) is 5.89. The van der Waals surface area contributed by atoms with Gasteiger partial charge < -0.3 is 9.84 Å². The Morgan fingerprint density at radius 1 is 1.50 bits per heavy atom. The molecule has 0 radical (unpaired) electrons. The molecule has 2 rings (SSSR count). The van der Waals surface area contributed by atoms with Crippen LogP contribution in [0.2, 0.25) is 5.02 Å². The van der Waals surface area contributed by atoms with Gasteiger partial charge in [-0.15, -0.1) is 11.3 Å². The zero-order valence-corrected chi connectivity index (χ0v) is 10.2. The first-order chi connectivity index (χ1) is 7.74. The summed E-state index contributed by atoms with van der Waals surface area (Å²) in [5, 5.41) is 12.2.